The van der Waals surface area contributed by atoms with E-state index in [-0.39, 0.29) is 24.4 Å². The second-order valence-corrected chi connectivity index (χ2v) is 9.16. The lowest BCUT2D eigenvalue weighted by Crippen LogP contribution is -2.13. The van der Waals surface area contributed by atoms with E-state index in [1.807, 2.05) is 0 Å². The molecule has 0 unspecified atom stereocenters. The van der Waals surface area contributed by atoms with Crippen molar-refractivity contribution < 1.29 is 23.8 Å². The Kier molecular flexibility index (Phi) is 7.63. The van der Waals surface area contributed by atoms with Gasteiger partial charge in [0.1, 0.15) is 5.75 Å². The van der Waals surface area contributed by atoms with Crippen molar-refractivity contribution >= 4 is 45.7 Å². The Morgan fingerprint density at radius 1 is 1.09 bits per heavy atom. The molecule has 0 bridgehead atoms. The molecule has 11 heteroatoms. The summed E-state index contributed by atoms with van der Waals surface area (Å²) in [7, 11) is 0. The lowest BCUT2D eigenvalue weighted by atomic mass is 10.2. The largest absolute Gasteiger partial charge is 0.494 e. The van der Waals surface area contributed by atoms with Gasteiger partial charge in [0.15, 0.2) is 15.8 Å². The summed E-state index contributed by atoms with van der Waals surface area (Å²) in [6.45, 7) is 2.93. The zero-order valence-electron chi connectivity index (χ0n) is 17.8. The average Bonchev–Trinajstić information content (AvgIpc) is 3.47. The normalized spacial score (nSPS) is 11.8. The predicted molar refractivity (Wildman–Crippen MR) is 127 cm³/mol. The van der Waals surface area contributed by atoms with Gasteiger partial charge in [0.25, 0.3) is 5.91 Å². The number of nitrogens with one attached hydrogen (secondary N) is 2. The molecule has 2 aromatic carbocycles. The van der Waals surface area contributed by atoms with Crippen molar-refractivity contribution in [1.82, 2.24) is 10.2 Å². The molecule has 4 rings (SSSR count). The molecule has 3 aromatic rings. The van der Waals surface area contributed by atoms with E-state index >= 15 is 0 Å². The van der Waals surface area contributed by atoms with Gasteiger partial charge in [-0.2, -0.15) is 0 Å². The van der Waals surface area contributed by atoms with Crippen LogP contribution in [0.3, 0.4) is 0 Å². The summed E-state index contributed by atoms with van der Waals surface area (Å²) in [6, 6.07) is 12.2. The molecule has 0 radical (unpaired) electrons. The number of thioether (sulfide) groups is 1. The Morgan fingerprint density at radius 3 is 2.73 bits per heavy atom. The molecule has 1 aliphatic heterocycles. The maximum absolute atomic E-state index is 12.4. The predicted octanol–water partition coefficient (Wildman–Crippen LogP) is 4.43. The third kappa shape index (κ3) is 6.36. The van der Waals surface area contributed by atoms with Crippen LogP contribution in [0.4, 0.5) is 10.8 Å². The summed E-state index contributed by atoms with van der Waals surface area (Å²) in [4.78, 5) is 24.7. The van der Waals surface area contributed by atoms with Gasteiger partial charge in [-0.3, -0.25) is 14.9 Å². The summed E-state index contributed by atoms with van der Waals surface area (Å²) in [5, 5.41) is 13.9. The highest BCUT2D eigenvalue weighted by Crippen LogP contribution is 2.34. The number of unbranched alkanes of at least 4 members (excludes halogenated alkanes) is 1. The Hall–Kier alpha value is -3.31. The maximum atomic E-state index is 12.4. The van der Waals surface area contributed by atoms with Crippen molar-refractivity contribution in [1.29, 1.82) is 0 Å². The zero-order valence-corrected chi connectivity index (χ0v) is 19.5. The number of anilines is 2. The number of amides is 2. The highest BCUT2D eigenvalue weighted by atomic mass is 32.2. The topological polar surface area (TPSA) is 112 Å². The van der Waals surface area contributed by atoms with Gasteiger partial charge in [-0.15, -0.1) is 10.2 Å². The lowest BCUT2D eigenvalue weighted by molar-refractivity contribution is -0.113. The van der Waals surface area contributed by atoms with Crippen LogP contribution < -0.4 is 24.8 Å². The van der Waals surface area contributed by atoms with Gasteiger partial charge in [0.2, 0.25) is 17.8 Å². The number of hydrogen-bond acceptors (Lipinski definition) is 9. The Morgan fingerprint density at radius 2 is 1.91 bits per heavy atom. The Bertz CT molecular complexity index is 1120. The molecule has 2 amide bonds. The lowest BCUT2D eigenvalue weighted by Gasteiger charge is -2.06. The molecule has 0 fully saturated rings. The molecule has 1 aromatic heterocycles. The van der Waals surface area contributed by atoms with Crippen molar-refractivity contribution in [3.8, 4) is 17.2 Å². The zero-order chi connectivity index (χ0) is 23.0. The van der Waals surface area contributed by atoms with E-state index < -0.39 is 0 Å². The monoisotopic (exact) mass is 486 g/mol. The number of carbonyl (C=O) groups excluding carboxylic acids is 2. The van der Waals surface area contributed by atoms with E-state index in [9.17, 15) is 9.59 Å². The molecule has 2 N–H and O–H groups in total. The van der Waals surface area contributed by atoms with Gasteiger partial charge in [-0.05, 0) is 42.8 Å². The molecule has 1 aliphatic rings. The van der Waals surface area contributed by atoms with Gasteiger partial charge in [0.05, 0.1) is 12.4 Å². The first-order chi connectivity index (χ1) is 16.1. The van der Waals surface area contributed by atoms with Gasteiger partial charge in [0, 0.05) is 17.3 Å². The number of benzene rings is 2. The fourth-order valence-corrected chi connectivity index (χ4v) is 4.37. The van der Waals surface area contributed by atoms with E-state index in [1.54, 1.807) is 42.5 Å². The van der Waals surface area contributed by atoms with Gasteiger partial charge in [-0.1, -0.05) is 36.4 Å². The molecule has 0 atom stereocenters. The first kappa shape index (κ1) is 22.9. The molecule has 33 heavy (non-hydrogen) atoms. The molecule has 2 heterocycles. The number of nitrogens with zero attached hydrogens (tertiary/aromatic N) is 2. The van der Waals surface area contributed by atoms with Crippen molar-refractivity contribution in [2.45, 2.75) is 24.1 Å². The van der Waals surface area contributed by atoms with Crippen LogP contribution >= 0.6 is 23.1 Å². The smallest absolute Gasteiger partial charge is 0.257 e. The minimum atomic E-state index is -0.289. The number of hydrogen-bond donors (Lipinski definition) is 2. The summed E-state index contributed by atoms with van der Waals surface area (Å²) in [6.07, 6.45) is 2.05. The highest BCUT2D eigenvalue weighted by Gasteiger charge is 2.15. The summed E-state index contributed by atoms with van der Waals surface area (Å²) < 4.78 is 16.7. The summed E-state index contributed by atoms with van der Waals surface area (Å²) in [5.41, 5.74) is 1.11. The molecule has 0 aliphatic carbocycles. The van der Waals surface area contributed by atoms with Crippen LogP contribution in [-0.2, 0) is 4.79 Å². The number of aromatic nitrogens is 2. The third-order valence-corrected chi connectivity index (χ3v) is 6.47. The molecule has 9 nitrogen and oxygen atoms in total. The van der Waals surface area contributed by atoms with Crippen molar-refractivity contribution in [2.75, 3.05) is 29.8 Å². The van der Waals surface area contributed by atoms with Gasteiger partial charge < -0.3 is 19.5 Å². The standard InChI is InChI=1S/C22H22N4O5S2/c1-2-3-10-29-16-7-4-14(5-8-16)20(28)24-21-25-26-22(33-21)32-12-19(27)23-15-6-9-17-18(11-15)31-13-30-17/h4-9,11H,2-3,10,12-13H2,1H3,(H,23,27)(H,24,25,28). The van der Waals surface area contributed by atoms with Crippen LogP contribution in [0.1, 0.15) is 30.1 Å². The Balaban J connectivity index is 1.24. The molecule has 172 valence electrons. The second kappa shape index (κ2) is 11.0. The number of fused-ring (bicyclic) bond motifs is 1. The van der Waals surface area contributed by atoms with Crippen LogP contribution in [0.25, 0.3) is 0 Å². The van der Waals surface area contributed by atoms with E-state index in [4.69, 9.17) is 14.2 Å². The fraction of sp³-hybridized carbons (Fsp3) is 0.273. The average molecular weight is 487 g/mol. The van der Waals surface area contributed by atoms with E-state index in [0.717, 1.165) is 18.6 Å². The first-order valence-corrected chi connectivity index (χ1v) is 12.1. The Labute approximate surface area is 198 Å². The molecular formula is C22H22N4O5S2. The highest BCUT2D eigenvalue weighted by molar-refractivity contribution is 8.01. The van der Waals surface area contributed by atoms with Crippen molar-refractivity contribution in [3.05, 3.63) is 48.0 Å². The van der Waals surface area contributed by atoms with Crippen LogP contribution in [0.2, 0.25) is 0 Å². The SMILES string of the molecule is CCCCOc1ccc(C(=O)Nc2nnc(SCC(=O)Nc3ccc4c(c3)OCO4)s2)cc1. The molecule has 0 spiro atoms. The van der Waals surface area contributed by atoms with E-state index in [2.05, 4.69) is 27.8 Å². The molecule has 0 saturated heterocycles. The second-order valence-electron chi connectivity index (χ2n) is 6.96. The number of carbonyl (C=O) groups is 2. The molecular weight excluding hydrogens is 464 g/mol. The number of rotatable bonds is 10. The minimum Gasteiger partial charge on any atom is -0.494 e. The molecule has 0 saturated carbocycles. The maximum Gasteiger partial charge on any atom is 0.257 e. The number of ether oxygens (including phenoxy) is 3. The van der Waals surface area contributed by atoms with Gasteiger partial charge >= 0.3 is 0 Å². The summed E-state index contributed by atoms with van der Waals surface area (Å²) >= 11 is 2.44. The van der Waals surface area contributed by atoms with Crippen molar-refractivity contribution in [2.24, 2.45) is 0 Å². The van der Waals surface area contributed by atoms with Gasteiger partial charge in [-0.25, -0.2) is 0 Å². The fourth-order valence-electron chi connectivity index (χ4n) is 2.82. The van der Waals surface area contributed by atoms with Crippen LogP contribution in [0.5, 0.6) is 17.2 Å². The van der Waals surface area contributed by atoms with Crippen molar-refractivity contribution in [3.63, 3.8) is 0 Å². The minimum absolute atomic E-state index is 0.149. The van der Waals surface area contributed by atoms with Crippen LogP contribution in [0, 0.1) is 0 Å². The quantitative estimate of drug-likeness (QED) is 0.246. The van der Waals surface area contributed by atoms with Crippen LogP contribution in [-0.4, -0.2) is 41.2 Å². The third-order valence-electron chi connectivity index (χ3n) is 4.49. The van der Waals surface area contributed by atoms with E-state index in [0.29, 0.717) is 38.8 Å². The first-order valence-electron chi connectivity index (χ1n) is 10.3. The summed E-state index contributed by atoms with van der Waals surface area (Å²) in [5.74, 6) is 1.65. The van der Waals surface area contributed by atoms with Crippen LogP contribution in [0.15, 0.2) is 46.8 Å². The van der Waals surface area contributed by atoms with E-state index in [1.165, 1.54) is 23.1 Å².